The van der Waals surface area contributed by atoms with E-state index in [0.29, 0.717) is 36.7 Å². The summed E-state index contributed by atoms with van der Waals surface area (Å²) in [6.07, 6.45) is 2.17. The van der Waals surface area contributed by atoms with Crippen LogP contribution in [0.25, 0.3) is 0 Å². The number of likely N-dealkylation sites (N-methyl/N-ethyl adjacent to an activating group) is 1. The first-order chi connectivity index (χ1) is 12.8. The number of hydrogen-bond acceptors (Lipinski definition) is 4. The Labute approximate surface area is 175 Å². The highest BCUT2D eigenvalue weighted by atomic mass is 35.5. The average Bonchev–Trinajstić information content (AvgIpc) is 3.21. The van der Waals surface area contributed by atoms with E-state index in [4.69, 9.17) is 0 Å². The number of sulfonamides is 1. The van der Waals surface area contributed by atoms with Crippen LogP contribution in [-0.2, 0) is 14.8 Å². The first kappa shape index (κ1) is 23.1. The lowest BCUT2D eigenvalue weighted by atomic mass is 9.96. The van der Waals surface area contributed by atoms with Crippen molar-refractivity contribution in [2.45, 2.75) is 50.0 Å². The van der Waals surface area contributed by atoms with Gasteiger partial charge in [0.15, 0.2) is 0 Å². The number of nitrogens with zero attached hydrogens (tertiary/aromatic N) is 2. The molecule has 2 saturated heterocycles. The monoisotopic (exact) mass is 429 g/mol. The second-order valence-electron chi connectivity index (χ2n) is 8.00. The van der Waals surface area contributed by atoms with Gasteiger partial charge in [-0.2, -0.15) is 4.31 Å². The highest BCUT2D eigenvalue weighted by molar-refractivity contribution is 7.89. The van der Waals surface area contributed by atoms with E-state index in [1.54, 1.807) is 12.1 Å². The molecule has 1 amide bonds. The Bertz CT molecular complexity index is 753. The highest BCUT2D eigenvalue weighted by Crippen LogP contribution is 2.26. The maximum absolute atomic E-state index is 12.9. The number of nitrogens with one attached hydrogen (secondary N) is 1. The summed E-state index contributed by atoms with van der Waals surface area (Å²) in [6.45, 7) is 6.78. The van der Waals surface area contributed by atoms with E-state index in [9.17, 15) is 13.2 Å². The van der Waals surface area contributed by atoms with Crippen LogP contribution >= 0.6 is 12.4 Å². The highest BCUT2D eigenvalue weighted by Gasteiger charge is 2.35. The second-order valence-corrected chi connectivity index (χ2v) is 9.94. The van der Waals surface area contributed by atoms with Gasteiger partial charge >= 0.3 is 0 Å². The van der Waals surface area contributed by atoms with Crippen LogP contribution in [0.4, 0.5) is 0 Å². The molecule has 2 aliphatic heterocycles. The predicted octanol–water partition coefficient (Wildman–Crippen LogP) is 2.45. The quantitative estimate of drug-likeness (QED) is 0.780. The van der Waals surface area contributed by atoms with E-state index in [0.717, 1.165) is 25.1 Å². The molecule has 8 heteroatoms. The minimum absolute atomic E-state index is 0. The van der Waals surface area contributed by atoms with Crippen LogP contribution in [0.1, 0.15) is 44.6 Å². The molecule has 0 bridgehead atoms. The van der Waals surface area contributed by atoms with Gasteiger partial charge in [-0.25, -0.2) is 8.42 Å². The van der Waals surface area contributed by atoms with Crippen LogP contribution in [0.5, 0.6) is 0 Å². The third-order valence-corrected chi connectivity index (χ3v) is 7.83. The van der Waals surface area contributed by atoms with Gasteiger partial charge in [0.25, 0.3) is 0 Å². The second kappa shape index (κ2) is 9.57. The summed E-state index contributed by atoms with van der Waals surface area (Å²) in [6, 6.07) is 7.43. The number of amides is 1. The minimum Gasteiger partial charge on any atom is -0.341 e. The van der Waals surface area contributed by atoms with Crippen molar-refractivity contribution in [3.63, 3.8) is 0 Å². The van der Waals surface area contributed by atoms with Crippen molar-refractivity contribution in [2.75, 3.05) is 33.2 Å². The predicted molar refractivity (Wildman–Crippen MR) is 113 cm³/mol. The van der Waals surface area contributed by atoms with Gasteiger partial charge in [0.1, 0.15) is 0 Å². The number of rotatable bonds is 5. The molecular weight excluding hydrogens is 398 g/mol. The van der Waals surface area contributed by atoms with Crippen LogP contribution in [-0.4, -0.2) is 62.8 Å². The normalized spacial score (nSPS) is 21.5. The maximum Gasteiger partial charge on any atom is 0.243 e. The van der Waals surface area contributed by atoms with Gasteiger partial charge in [-0.3, -0.25) is 4.79 Å². The van der Waals surface area contributed by atoms with Gasteiger partial charge in [0, 0.05) is 38.6 Å². The lowest BCUT2D eigenvalue weighted by Crippen LogP contribution is -2.46. The Morgan fingerprint density at radius 1 is 1.14 bits per heavy atom. The van der Waals surface area contributed by atoms with Gasteiger partial charge in [0.05, 0.1) is 4.90 Å². The Hall–Kier alpha value is -1.15. The van der Waals surface area contributed by atoms with E-state index in [-0.39, 0.29) is 30.3 Å². The molecular formula is C20H32ClN3O3S. The largest absolute Gasteiger partial charge is 0.341 e. The SMILES string of the molecule is CC(C)c1ccc(S(=O)(=O)N2CCC(C(=O)N(C)C3CCNC3)CC2)cc1.Cl. The molecule has 6 nitrogen and oxygen atoms in total. The fraction of sp³-hybridized carbons (Fsp3) is 0.650. The molecule has 0 aromatic heterocycles. The molecule has 2 fully saturated rings. The Morgan fingerprint density at radius 2 is 1.75 bits per heavy atom. The van der Waals surface area contributed by atoms with Crippen LogP contribution in [0.15, 0.2) is 29.2 Å². The summed E-state index contributed by atoms with van der Waals surface area (Å²) >= 11 is 0. The molecule has 1 N–H and O–H groups in total. The van der Waals surface area contributed by atoms with E-state index in [1.807, 2.05) is 24.1 Å². The lowest BCUT2D eigenvalue weighted by molar-refractivity contribution is -0.137. The third-order valence-electron chi connectivity index (χ3n) is 5.92. The van der Waals surface area contributed by atoms with Gasteiger partial charge in [-0.05, 0) is 49.4 Å². The van der Waals surface area contributed by atoms with Crippen molar-refractivity contribution < 1.29 is 13.2 Å². The summed E-state index contributed by atoms with van der Waals surface area (Å²) < 4.78 is 27.3. The number of carbonyl (C=O) groups is 1. The van der Waals surface area contributed by atoms with Crippen molar-refractivity contribution in [1.82, 2.24) is 14.5 Å². The lowest BCUT2D eigenvalue weighted by Gasteiger charge is -2.34. The Morgan fingerprint density at radius 3 is 2.25 bits per heavy atom. The zero-order chi connectivity index (χ0) is 19.6. The number of halogens is 1. The number of piperidine rings is 1. The van der Waals surface area contributed by atoms with Crippen LogP contribution in [0, 0.1) is 5.92 Å². The summed E-state index contributed by atoms with van der Waals surface area (Å²) in [4.78, 5) is 14.9. The molecule has 0 radical (unpaired) electrons. The van der Waals surface area contributed by atoms with E-state index in [1.165, 1.54) is 4.31 Å². The van der Waals surface area contributed by atoms with Crippen LogP contribution in [0.3, 0.4) is 0 Å². The van der Waals surface area contributed by atoms with Crippen LogP contribution < -0.4 is 5.32 Å². The first-order valence-electron chi connectivity index (χ1n) is 9.88. The van der Waals surface area contributed by atoms with E-state index in [2.05, 4.69) is 19.2 Å². The number of carbonyl (C=O) groups excluding carboxylic acids is 1. The zero-order valence-corrected chi connectivity index (χ0v) is 18.6. The summed E-state index contributed by atoms with van der Waals surface area (Å²) in [5.74, 6) is 0.447. The molecule has 3 rings (SSSR count). The smallest absolute Gasteiger partial charge is 0.243 e. The molecule has 1 aromatic rings. The molecule has 1 aromatic carbocycles. The summed E-state index contributed by atoms with van der Waals surface area (Å²) in [5, 5.41) is 3.29. The summed E-state index contributed by atoms with van der Waals surface area (Å²) in [5.41, 5.74) is 1.13. The van der Waals surface area contributed by atoms with Gasteiger partial charge in [-0.15, -0.1) is 12.4 Å². The molecule has 2 aliphatic rings. The first-order valence-corrected chi connectivity index (χ1v) is 11.3. The minimum atomic E-state index is -3.49. The molecule has 158 valence electrons. The molecule has 28 heavy (non-hydrogen) atoms. The number of hydrogen-bond donors (Lipinski definition) is 1. The average molecular weight is 430 g/mol. The fourth-order valence-electron chi connectivity index (χ4n) is 3.95. The van der Waals surface area contributed by atoms with Crippen molar-refractivity contribution in [3.8, 4) is 0 Å². The Kier molecular flexibility index (Phi) is 7.90. The van der Waals surface area contributed by atoms with Crippen LogP contribution in [0.2, 0.25) is 0 Å². The summed E-state index contributed by atoms with van der Waals surface area (Å²) in [7, 11) is -1.62. The molecule has 0 saturated carbocycles. The van der Waals surface area contributed by atoms with Gasteiger partial charge in [-0.1, -0.05) is 26.0 Å². The van der Waals surface area contributed by atoms with Crippen molar-refractivity contribution in [2.24, 2.45) is 5.92 Å². The molecule has 0 aliphatic carbocycles. The topological polar surface area (TPSA) is 69.7 Å². The zero-order valence-electron chi connectivity index (χ0n) is 16.9. The molecule has 1 unspecified atom stereocenters. The van der Waals surface area contributed by atoms with Crippen molar-refractivity contribution in [1.29, 1.82) is 0 Å². The fourth-order valence-corrected chi connectivity index (χ4v) is 5.42. The van der Waals surface area contributed by atoms with Crippen molar-refractivity contribution in [3.05, 3.63) is 29.8 Å². The molecule has 2 heterocycles. The van der Waals surface area contributed by atoms with E-state index < -0.39 is 10.0 Å². The third kappa shape index (κ3) is 4.87. The standard InChI is InChI=1S/C20H31N3O3S.ClH/c1-15(2)16-4-6-19(7-5-16)27(25,26)23-12-9-17(10-13-23)20(24)22(3)18-8-11-21-14-18;/h4-7,15,17-18,21H,8-14H2,1-3H3;1H. The van der Waals surface area contributed by atoms with E-state index >= 15 is 0 Å². The van der Waals surface area contributed by atoms with Gasteiger partial charge < -0.3 is 10.2 Å². The van der Waals surface area contributed by atoms with Gasteiger partial charge in [0.2, 0.25) is 15.9 Å². The Balaban J connectivity index is 0.00000280. The molecule has 1 atom stereocenters. The maximum atomic E-state index is 12.9. The number of benzene rings is 1. The van der Waals surface area contributed by atoms with Crippen molar-refractivity contribution >= 4 is 28.3 Å². The molecule has 0 spiro atoms.